The molecule has 0 saturated carbocycles. The number of nitrogens with two attached hydrogens (primary N) is 1. The molecule has 1 aromatic rings. The van der Waals surface area contributed by atoms with E-state index < -0.39 is 27.8 Å². The van der Waals surface area contributed by atoms with Gasteiger partial charge in [0.25, 0.3) is 10.0 Å². The summed E-state index contributed by atoms with van der Waals surface area (Å²) in [6, 6.07) is -0.514. The molecule has 142 valence electrons. The van der Waals surface area contributed by atoms with Crippen molar-refractivity contribution in [2.24, 2.45) is 5.73 Å². The van der Waals surface area contributed by atoms with Gasteiger partial charge in [-0.2, -0.15) is 4.31 Å². The number of ether oxygens (including phenoxy) is 1. The van der Waals surface area contributed by atoms with Crippen LogP contribution in [0.3, 0.4) is 0 Å². The monoisotopic (exact) mass is 373 g/mol. The van der Waals surface area contributed by atoms with Crippen molar-refractivity contribution in [3.8, 4) is 0 Å². The zero-order valence-corrected chi connectivity index (χ0v) is 16.0. The maximum atomic E-state index is 12.9. The van der Waals surface area contributed by atoms with Gasteiger partial charge < -0.3 is 20.4 Å². The average molecular weight is 373 g/mol. The van der Waals surface area contributed by atoms with Crippen LogP contribution < -0.4 is 5.73 Å². The minimum atomic E-state index is -3.74. The number of aromatic amines is 1. The number of rotatable bonds is 4. The molecule has 2 heterocycles. The fourth-order valence-corrected chi connectivity index (χ4v) is 4.17. The first-order chi connectivity index (χ1) is 11.6. The van der Waals surface area contributed by atoms with Crippen molar-refractivity contribution < 1.29 is 17.9 Å². The Morgan fingerprint density at radius 1 is 1.44 bits per heavy atom. The van der Waals surface area contributed by atoms with Crippen LogP contribution in [0, 0.1) is 0 Å². The molecule has 1 unspecified atom stereocenters. The van der Waals surface area contributed by atoms with Crippen molar-refractivity contribution >= 4 is 16.1 Å². The van der Waals surface area contributed by atoms with Crippen LogP contribution in [0.5, 0.6) is 0 Å². The maximum absolute atomic E-state index is 12.9. The van der Waals surface area contributed by atoms with E-state index in [2.05, 4.69) is 9.97 Å². The molecule has 9 nitrogen and oxygen atoms in total. The van der Waals surface area contributed by atoms with E-state index in [1.54, 1.807) is 20.8 Å². The summed E-state index contributed by atoms with van der Waals surface area (Å²) in [5, 5.41) is 0.0496. The third kappa shape index (κ3) is 4.50. The Labute approximate surface area is 148 Å². The number of aryl methyl sites for hydroxylation is 1. The molecular weight excluding hydrogens is 346 g/mol. The summed E-state index contributed by atoms with van der Waals surface area (Å²) in [6.07, 6.45) is 1.47. The third-order valence-electron chi connectivity index (χ3n) is 3.88. The first-order valence-corrected chi connectivity index (χ1v) is 9.76. The highest BCUT2D eigenvalue weighted by molar-refractivity contribution is 7.89. The SMILES string of the molecule is CCc1ncc(S(=O)(=O)N2CCN(C(=O)OC(C)(C)C)CC2CN)[nH]1. The summed E-state index contributed by atoms with van der Waals surface area (Å²) >= 11 is 0. The molecule has 1 aliphatic heterocycles. The molecule has 1 aliphatic rings. The lowest BCUT2D eigenvalue weighted by Crippen LogP contribution is -2.59. The van der Waals surface area contributed by atoms with E-state index in [1.807, 2.05) is 6.92 Å². The number of H-pyrrole nitrogens is 1. The van der Waals surface area contributed by atoms with E-state index in [4.69, 9.17) is 10.5 Å². The quantitative estimate of drug-likeness (QED) is 0.794. The number of nitrogens with zero attached hydrogens (tertiary/aromatic N) is 3. The lowest BCUT2D eigenvalue weighted by molar-refractivity contribution is 0.0138. The molecular formula is C15H27N5O4S. The number of aromatic nitrogens is 2. The molecule has 1 amide bonds. The standard InChI is InChI=1S/C15H27N5O4S/c1-5-12-17-9-13(18-12)25(22,23)20-7-6-19(10-11(20)8-16)14(21)24-15(2,3)4/h9,11H,5-8,10,16H2,1-4H3,(H,17,18). The molecule has 3 N–H and O–H groups in total. The number of amides is 1. The predicted octanol–water partition coefficient (Wildman–Crippen LogP) is 0.541. The van der Waals surface area contributed by atoms with E-state index in [9.17, 15) is 13.2 Å². The molecule has 0 aromatic carbocycles. The van der Waals surface area contributed by atoms with Gasteiger partial charge in [0.1, 0.15) is 11.4 Å². The van der Waals surface area contributed by atoms with Gasteiger partial charge in [-0.15, -0.1) is 0 Å². The van der Waals surface area contributed by atoms with Crippen molar-refractivity contribution in [3.05, 3.63) is 12.0 Å². The summed E-state index contributed by atoms with van der Waals surface area (Å²) in [7, 11) is -3.74. The first kappa shape index (κ1) is 19.7. The molecule has 1 saturated heterocycles. The second-order valence-electron chi connectivity index (χ2n) is 6.98. The highest BCUT2D eigenvalue weighted by atomic mass is 32.2. The lowest BCUT2D eigenvalue weighted by atomic mass is 10.2. The van der Waals surface area contributed by atoms with Crippen LogP contribution in [-0.4, -0.2) is 71.5 Å². The zero-order chi connectivity index (χ0) is 18.8. The Morgan fingerprint density at radius 3 is 2.64 bits per heavy atom. The van der Waals surface area contributed by atoms with Gasteiger partial charge in [0.05, 0.1) is 12.2 Å². The number of carbonyl (C=O) groups excluding carboxylic acids is 1. The number of imidazole rings is 1. The normalized spacial score (nSPS) is 19.9. The van der Waals surface area contributed by atoms with Crippen molar-refractivity contribution in [2.45, 2.75) is 50.8 Å². The lowest BCUT2D eigenvalue weighted by Gasteiger charge is -2.40. The van der Waals surface area contributed by atoms with Crippen LogP contribution in [-0.2, 0) is 21.2 Å². The molecule has 0 bridgehead atoms. The minimum Gasteiger partial charge on any atom is -0.444 e. The third-order valence-corrected chi connectivity index (χ3v) is 5.74. The van der Waals surface area contributed by atoms with Crippen molar-refractivity contribution in [2.75, 3.05) is 26.2 Å². The van der Waals surface area contributed by atoms with Crippen LogP contribution in [0.25, 0.3) is 0 Å². The number of nitrogens with one attached hydrogen (secondary N) is 1. The summed E-state index contributed by atoms with van der Waals surface area (Å²) < 4.78 is 32.4. The highest BCUT2D eigenvalue weighted by Gasteiger charge is 2.38. The Hall–Kier alpha value is -1.65. The van der Waals surface area contributed by atoms with E-state index in [1.165, 1.54) is 15.4 Å². The van der Waals surface area contributed by atoms with Crippen LogP contribution in [0.1, 0.15) is 33.5 Å². The molecule has 0 spiro atoms. The minimum absolute atomic E-state index is 0.0496. The molecule has 10 heteroatoms. The largest absolute Gasteiger partial charge is 0.444 e. The van der Waals surface area contributed by atoms with Crippen LogP contribution in [0.2, 0.25) is 0 Å². The number of hydrogen-bond acceptors (Lipinski definition) is 6. The van der Waals surface area contributed by atoms with Crippen LogP contribution in [0.15, 0.2) is 11.2 Å². The maximum Gasteiger partial charge on any atom is 0.410 e. The van der Waals surface area contributed by atoms with Gasteiger partial charge in [-0.05, 0) is 20.8 Å². The summed E-state index contributed by atoms with van der Waals surface area (Å²) in [6.45, 7) is 7.95. The van der Waals surface area contributed by atoms with Gasteiger partial charge in [-0.25, -0.2) is 18.2 Å². The van der Waals surface area contributed by atoms with Crippen molar-refractivity contribution in [3.63, 3.8) is 0 Å². The summed E-state index contributed by atoms with van der Waals surface area (Å²) in [5.74, 6) is 0.607. The fraction of sp³-hybridized carbons (Fsp3) is 0.733. The second kappa shape index (κ2) is 7.30. The Morgan fingerprint density at radius 2 is 2.12 bits per heavy atom. The Balaban J connectivity index is 2.15. The molecule has 25 heavy (non-hydrogen) atoms. The second-order valence-corrected chi connectivity index (χ2v) is 8.84. The Kier molecular flexibility index (Phi) is 5.75. The van der Waals surface area contributed by atoms with E-state index in [-0.39, 0.29) is 31.2 Å². The molecule has 1 atom stereocenters. The van der Waals surface area contributed by atoms with E-state index in [0.717, 1.165) is 0 Å². The van der Waals surface area contributed by atoms with Gasteiger partial charge in [0, 0.05) is 32.6 Å². The van der Waals surface area contributed by atoms with Gasteiger partial charge in [-0.3, -0.25) is 0 Å². The average Bonchev–Trinajstić information content (AvgIpc) is 3.02. The number of sulfonamides is 1. The number of carbonyl (C=O) groups is 1. The van der Waals surface area contributed by atoms with Crippen LogP contribution >= 0.6 is 0 Å². The predicted molar refractivity (Wildman–Crippen MR) is 92.5 cm³/mol. The van der Waals surface area contributed by atoms with E-state index in [0.29, 0.717) is 12.2 Å². The van der Waals surface area contributed by atoms with Crippen molar-refractivity contribution in [1.82, 2.24) is 19.2 Å². The van der Waals surface area contributed by atoms with Gasteiger partial charge in [-0.1, -0.05) is 6.92 Å². The van der Waals surface area contributed by atoms with E-state index >= 15 is 0 Å². The van der Waals surface area contributed by atoms with Gasteiger partial charge in [0.15, 0.2) is 5.03 Å². The summed E-state index contributed by atoms with van der Waals surface area (Å²) in [4.78, 5) is 20.6. The van der Waals surface area contributed by atoms with Crippen LogP contribution in [0.4, 0.5) is 4.79 Å². The first-order valence-electron chi connectivity index (χ1n) is 8.32. The fourth-order valence-electron chi connectivity index (χ4n) is 2.62. The molecule has 2 rings (SSSR count). The topological polar surface area (TPSA) is 122 Å². The number of hydrogen-bond donors (Lipinski definition) is 2. The van der Waals surface area contributed by atoms with Gasteiger partial charge in [0.2, 0.25) is 0 Å². The molecule has 1 fully saturated rings. The molecule has 0 radical (unpaired) electrons. The summed E-state index contributed by atoms with van der Waals surface area (Å²) in [5.41, 5.74) is 5.17. The molecule has 1 aromatic heterocycles. The van der Waals surface area contributed by atoms with Gasteiger partial charge >= 0.3 is 6.09 Å². The smallest absolute Gasteiger partial charge is 0.410 e. The molecule has 0 aliphatic carbocycles. The highest BCUT2D eigenvalue weighted by Crippen LogP contribution is 2.21. The Bertz CT molecular complexity index is 710. The number of piperazine rings is 1. The zero-order valence-electron chi connectivity index (χ0n) is 15.2. The van der Waals surface area contributed by atoms with Crippen molar-refractivity contribution in [1.29, 1.82) is 0 Å².